The van der Waals surface area contributed by atoms with E-state index in [9.17, 15) is 22.4 Å². The third-order valence-electron chi connectivity index (χ3n) is 7.60. The van der Waals surface area contributed by atoms with Crippen LogP contribution in [-0.4, -0.2) is 59.7 Å². The minimum atomic E-state index is -4.67. The van der Waals surface area contributed by atoms with Gasteiger partial charge in [0.2, 0.25) is 0 Å². The van der Waals surface area contributed by atoms with Gasteiger partial charge in [-0.1, -0.05) is 25.1 Å². The van der Waals surface area contributed by atoms with Gasteiger partial charge in [0.25, 0.3) is 0 Å². The largest absolute Gasteiger partial charge is 0.443 e. The van der Waals surface area contributed by atoms with Crippen molar-refractivity contribution in [3.05, 3.63) is 70.4 Å². The summed E-state index contributed by atoms with van der Waals surface area (Å²) in [4.78, 5) is 14.6. The Morgan fingerprint density at radius 2 is 1.77 bits per heavy atom. The SMILES string of the molecule is CC(CF)CNCCCc1cc(F)c([C@@H]2c3c(c4ccccc4n3C(=O)OC(C)(C)C)CC(C)N2CC(F)(F)F)c(F)c1. The fourth-order valence-electron chi connectivity index (χ4n) is 5.78. The van der Waals surface area contributed by atoms with Crippen LogP contribution in [0.15, 0.2) is 36.4 Å². The second kappa shape index (κ2) is 12.9. The number of fused-ring (bicyclic) bond motifs is 3. The summed E-state index contributed by atoms with van der Waals surface area (Å²) >= 11 is 0. The van der Waals surface area contributed by atoms with Crippen molar-refractivity contribution in [3.63, 3.8) is 0 Å². The molecule has 2 heterocycles. The summed E-state index contributed by atoms with van der Waals surface area (Å²) < 4.78 is 93.3. The smallest absolute Gasteiger partial charge is 0.419 e. The summed E-state index contributed by atoms with van der Waals surface area (Å²) in [6.45, 7) is 7.42. The molecule has 4 rings (SSSR count). The number of para-hydroxylation sites is 1. The van der Waals surface area contributed by atoms with E-state index in [-0.39, 0.29) is 18.0 Å². The van der Waals surface area contributed by atoms with E-state index in [0.29, 0.717) is 48.0 Å². The van der Waals surface area contributed by atoms with Gasteiger partial charge < -0.3 is 10.1 Å². The molecule has 2 unspecified atom stereocenters. The second-order valence-corrected chi connectivity index (χ2v) is 12.5. The molecule has 3 atom stereocenters. The Morgan fingerprint density at radius 3 is 2.37 bits per heavy atom. The molecule has 0 fully saturated rings. The molecule has 43 heavy (non-hydrogen) atoms. The van der Waals surface area contributed by atoms with Crippen LogP contribution in [0.4, 0.5) is 31.1 Å². The van der Waals surface area contributed by atoms with E-state index < -0.39 is 60.4 Å². The van der Waals surface area contributed by atoms with Crippen LogP contribution < -0.4 is 5.32 Å². The van der Waals surface area contributed by atoms with Crippen LogP contribution >= 0.6 is 0 Å². The first kappa shape index (κ1) is 32.9. The van der Waals surface area contributed by atoms with Crippen molar-refractivity contribution in [3.8, 4) is 0 Å². The molecule has 3 aromatic rings. The number of carbonyl (C=O) groups is 1. The summed E-state index contributed by atoms with van der Waals surface area (Å²) in [5.41, 5.74) is -0.139. The average Bonchev–Trinajstić information content (AvgIpc) is 3.22. The quantitative estimate of drug-likeness (QED) is 0.199. The lowest BCUT2D eigenvalue weighted by Crippen LogP contribution is -2.48. The van der Waals surface area contributed by atoms with Gasteiger partial charge in [-0.3, -0.25) is 9.29 Å². The number of rotatable bonds is 9. The molecule has 1 aliphatic rings. The molecule has 0 amide bonds. The molecule has 236 valence electrons. The van der Waals surface area contributed by atoms with E-state index in [4.69, 9.17) is 4.74 Å². The number of nitrogens with one attached hydrogen (secondary N) is 1. The Morgan fingerprint density at radius 1 is 1.12 bits per heavy atom. The van der Waals surface area contributed by atoms with E-state index in [1.165, 1.54) is 4.57 Å². The lowest BCUT2D eigenvalue weighted by molar-refractivity contribution is -0.155. The summed E-state index contributed by atoms with van der Waals surface area (Å²) in [6, 6.07) is 6.80. The van der Waals surface area contributed by atoms with Gasteiger partial charge in [0.1, 0.15) is 17.2 Å². The first-order valence-corrected chi connectivity index (χ1v) is 14.5. The van der Waals surface area contributed by atoms with Gasteiger partial charge in [-0.05, 0) is 88.7 Å². The maximum absolute atomic E-state index is 16.0. The number of hydrogen-bond acceptors (Lipinski definition) is 4. The third-order valence-corrected chi connectivity index (χ3v) is 7.60. The third kappa shape index (κ3) is 7.55. The molecule has 11 heteroatoms. The molecular weight excluding hydrogens is 572 g/mol. The van der Waals surface area contributed by atoms with Crippen LogP contribution in [0.25, 0.3) is 10.9 Å². The molecule has 5 nitrogen and oxygen atoms in total. The Hall–Kier alpha value is -3.05. The Kier molecular flexibility index (Phi) is 9.85. The summed E-state index contributed by atoms with van der Waals surface area (Å²) in [6.07, 6.45) is -4.56. The van der Waals surface area contributed by atoms with Crippen LogP contribution in [0, 0.1) is 17.6 Å². The van der Waals surface area contributed by atoms with E-state index in [1.54, 1.807) is 58.9 Å². The van der Waals surface area contributed by atoms with E-state index in [0.717, 1.165) is 17.0 Å². The first-order valence-electron chi connectivity index (χ1n) is 14.5. The van der Waals surface area contributed by atoms with Crippen molar-refractivity contribution in [2.24, 2.45) is 5.92 Å². The Labute approximate surface area is 248 Å². The van der Waals surface area contributed by atoms with Crippen LogP contribution in [0.2, 0.25) is 0 Å². The minimum Gasteiger partial charge on any atom is -0.443 e. The van der Waals surface area contributed by atoms with Crippen LogP contribution in [-0.2, 0) is 17.6 Å². The highest BCUT2D eigenvalue weighted by atomic mass is 19.4. The lowest BCUT2D eigenvalue weighted by atomic mass is 9.87. The fraction of sp³-hybridized carbons (Fsp3) is 0.531. The molecule has 0 spiro atoms. The topological polar surface area (TPSA) is 46.5 Å². The number of carbonyl (C=O) groups excluding carboxylic acids is 1. The van der Waals surface area contributed by atoms with Gasteiger partial charge in [0.15, 0.2) is 0 Å². The van der Waals surface area contributed by atoms with Crippen molar-refractivity contribution >= 4 is 17.0 Å². The summed E-state index contributed by atoms with van der Waals surface area (Å²) in [7, 11) is 0. The second-order valence-electron chi connectivity index (χ2n) is 12.5. The van der Waals surface area contributed by atoms with Crippen molar-refractivity contribution < 1.29 is 35.9 Å². The predicted molar refractivity (Wildman–Crippen MR) is 154 cm³/mol. The zero-order valence-electron chi connectivity index (χ0n) is 25.1. The van der Waals surface area contributed by atoms with Crippen LogP contribution in [0.1, 0.15) is 69.5 Å². The van der Waals surface area contributed by atoms with Gasteiger partial charge in [-0.2, -0.15) is 13.2 Å². The molecule has 1 N–H and O–H groups in total. The molecule has 0 saturated carbocycles. The molecule has 1 aliphatic heterocycles. The van der Waals surface area contributed by atoms with Crippen molar-refractivity contribution in [1.29, 1.82) is 0 Å². The standard InChI is InChI=1S/C32H39F6N3O2/c1-19(16-33)17-39-12-8-9-21-14-24(34)27(25(35)15-21)29-28-23(13-20(2)40(29)18-32(36,37)38)22-10-6-7-11-26(22)41(28)30(42)43-31(3,4)5/h6-7,10-11,14-15,19-20,29,39H,8-9,12-13,16-18H2,1-5H3/t19?,20?,29-/m1/s1. The molecule has 0 radical (unpaired) electrons. The van der Waals surface area contributed by atoms with Crippen LogP contribution in [0.3, 0.4) is 0 Å². The monoisotopic (exact) mass is 611 g/mol. The van der Waals surface area contributed by atoms with Gasteiger partial charge >= 0.3 is 12.3 Å². The molecular formula is C32H39F6N3O2. The van der Waals surface area contributed by atoms with Crippen molar-refractivity contribution in [2.45, 2.75) is 77.7 Å². The minimum absolute atomic E-state index is 0.0644. The normalized spacial score (nSPS) is 18.6. The number of benzene rings is 2. The van der Waals surface area contributed by atoms with Gasteiger partial charge in [-0.25, -0.2) is 18.1 Å². The Balaban J connectivity index is 1.83. The fourth-order valence-corrected chi connectivity index (χ4v) is 5.78. The zero-order valence-corrected chi connectivity index (χ0v) is 25.1. The maximum Gasteiger partial charge on any atom is 0.419 e. The van der Waals surface area contributed by atoms with Gasteiger partial charge in [0, 0.05) is 23.5 Å². The van der Waals surface area contributed by atoms with E-state index >= 15 is 8.78 Å². The lowest BCUT2D eigenvalue weighted by Gasteiger charge is -2.42. The highest BCUT2D eigenvalue weighted by Crippen LogP contribution is 2.45. The molecule has 0 bridgehead atoms. The number of hydrogen-bond donors (Lipinski definition) is 1. The van der Waals surface area contributed by atoms with E-state index in [1.807, 2.05) is 0 Å². The van der Waals surface area contributed by atoms with Gasteiger partial charge in [0.05, 0.1) is 30.5 Å². The summed E-state index contributed by atoms with van der Waals surface area (Å²) in [5, 5.41) is 3.71. The van der Waals surface area contributed by atoms with E-state index in [2.05, 4.69) is 5.32 Å². The molecule has 1 aromatic heterocycles. The number of aryl methyl sites for hydroxylation is 1. The number of alkyl halides is 4. The predicted octanol–water partition coefficient (Wildman–Crippen LogP) is 7.73. The maximum atomic E-state index is 16.0. The highest BCUT2D eigenvalue weighted by molar-refractivity contribution is 5.94. The van der Waals surface area contributed by atoms with Crippen molar-refractivity contribution in [2.75, 3.05) is 26.3 Å². The van der Waals surface area contributed by atoms with Crippen LogP contribution in [0.5, 0.6) is 0 Å². The molecule has 0 aliphatic carbocycles. The number of aromatic nitrogens is 1. The number of nitrogens with zero attached hydrogens (tertiary/aromatic N) is 2. The summed E-state index contributed by atoms with van der Waals surface area (Å²) in [5.74, 6) is -2.13. The van der Waals surface area contributed by atoms with Gasteiger partial charge in [-0.15, -0.1) is 0 Å². The zero-order chi connectivity index (χ0) is 31.7. The van der Waals surface area contributed by atoms with Crippen molar-refractivity contribution in [1.82, 2.24) is 14.8 Å². The first-order chi connectivity index (χ1) is 20.1. The molecule has 2 aromatic carbocycles. The number of ether oxygens (including phenoxy) is 1. The average molecular weight is 612 g/mol. The number of halogens is 6. The highest BCUT2D eigenvalue weighted by Gasteiger charge is 2.46. The Bertz CT molecular complexity index is 1420. The molecule has 0 saturated heterocycles.